The van der Waals surface area contributed by atoms with E-state index in [4.69, 9.17) is 4.42 Å². The minimum absolute atomic E-state index is 0.210. The van der Waals surface area contributed by atoms with E-state index >= 15 is 0 Å². The smallest absolute Gasteiger partial charge is 0.251 e. The van der Waals surface area contributed by atoms with Crippen molar-refractivity contribution in [3.63, 3.8) is 0 Å². The van der Waals surface area contributed by atoms with Crippen LogP contribution in [-0.2, 0) is 0 Å². The second kappa shape index (κ2) is 6.70. The average Bonchev–Trinajstić information content (AvgIpc) is 3.39. The second-order valence-electron chi connectivity index (χ2n) is 7.19. The van der Waals surface area contributed by atoms with Crippen molar-refractivity contribution in [2.45, 2.75) is 24.0 Å². The van der Waals surface area contributed by atoms with Crippen LogP contribution >= 0.6 is 0 Å². The molecule has 144 valence electrons. The topological polar surface area (TPSA) is 88.9 Å². The Morgan fingerprint density at radius 1 is 1.03 bits per heavy atom. The van der Waals surface area contributed by atoms with Gasteiger partial charge in [0.15, 0.2) is 5.78 Å². The summed E-state index contributed by atoms with van der Waals surface area (Å²) in [6, 6.07) is 17.1. The molecule has 0 radical (unpaired) electrons. The zero-order valence-corrected chi connectivity index (χ0v) is 15.3. The largest absolute Gasteiger partial charge is 0.469 e. The monoisotopic (exact) mass is 387 g/mol. The van der Waals surface area contributed by atoms with Crippen LogP contribution in [0.15, 0.2) is 82.5 Å². The van der Waals surface area contributed by atoms with Gasteiger partial charge in [0, 0.05) is 16.1 Å². The molecule has 2 aliphatic rings. The lowest BCUT2D eigenvalue weighted by molar-refractivity contribution is -0.529. The van der Waals surface area contributed by atoms with Crippen molar-refractivity contribution >= 4 is 12.0 Å². The van der Waals surface area contributed by atoms with Gasteiger partial charge < -0.3 is 4.42 Å². The van der Waals surface area contributed by atoms with Gasteiger partial charge in [0.2, 0.25) is 0 Å². The Kier molecular flexibility index (Phi) is 4.01. The number of rotatable bonds is 4. The summed E-state index contributed by atoms with van der Waals surface area (Å²) in [7, 11) is 0. The third-order valence-corrected chi connectivity index (χ3v) is 5.69. The molecule has 1 saturated heterocycles. The molecule has 3 aromatic rings. The van der Waals surface area contributed by atoms with Gasteiger partial charge in [-0.05, 0) is 17.7 Å². The molecule has 3 heterocycles. The molecule has 0 saturated carbocycles. The molecule has 0 unspecified atom stereocenters. The van der Waals surface area contributed by atoms with Crippen molar-refractivity contribution in [1.82, 2.24) is 5.01 Å². The van der Waals surface area contributed by atoms with Crippen LogP contribution in [0.4, 0.5) is 0 Å². The molecule has 4 atom stereocenters. The highest BCUT2D eigenvalue weighted by molar-refractivity contribution is 6.01. The Hall–Kier alpha value is -3.74. The maximum absolute atomic E-state index is 13.5. The Morgan fingerprint density at radius 3 is 2.52 bits per heavy atom. The van der Waals surface area contributed by atoms with Crippen molar-refractivity contribution in [2.24, 2.45) is 5.10 Å². The Morgan fingerprint density at radius 2 is 1.79 bits per heavy atom. The summed E-state index contributed by atoms with van der Waals surface area (Å²) in [6.07, 6.45) is 3.14. The van der Waals surface area contributed by atoms with E-state index < -0.39 is 24.0 Å². The van der Waals surface area contributed by atoms with E-state index in [2.05, 4.69) is 5.10 Å². The lowest BCUT2D eigenvalue weighted by atomic mass is 9.85. The molecule has 0 amide bonds. The Bertz CT molecular complexity index is 1090. The first-order valence-corrected chi connectivity index (χ1v) is 9.34. The number of furan rings is 1. The quantitative estimate of drug-likeness (QED) is 0.387. The van der Waals surface area contributed by atoms with Crippen molar-refractivity contribution in [2.75, 3.05) is 0 Å². The lowest BCUT2D eigenvalue weighted by Crippen LogP contribution is -2.38. The van der Waals surface area contributed by atoms with Crippen LogP contribution in [0.1, 0.15) is 39.2 Å². The van der Waals surface area contributed by atoms with Gasteiger partial charge in [-0.3, -0.25) is 19.9 Å². The van der Waals surface area contributed by atoms with E-state index in [0.717, 1.165) is 11.1 Å². The summed E-state index contributed by atoms with van der Waals surface area (Å²) in [4.78, 5) is 25.5. The summed E-state index contributed by atoms with van der Waals surface area (Å²) in [5.41, 5.74) is 2.11. The van der Waals surface area contributed by atoms with E-state index in [-0.39, 0.29) is 10.7 Å². The number of fused-ring (bicyclic) bond motifs is 3. The first-order chi connectivity index (χ1) is 14.2. The van der Waals surface area contributed by atoms with Gasteiger partial charge in [-0.2, -0.15) is 5.10 Å². The normalized spacial score (nSPS) is 24.8. The molecular formula is C22H17N3O4. The summed E-state index contributed by atoms with van der Waals surface area (Å²) < 4.78 is 5.57. The maximum atomic E-state index is 13.5. The van der Waals surface area contributed by atoms with Gasteiger partial charge in [0.25, 0.3) is 6.04 Å². The van der Waals surface area contributed by atoms with Crippen LogP contribution in [0.2, 0.25) is 0 Å². The summed E-state index contributed by atoms with van der Waals surface area (Å²) >= 11 is 0. The van der Waals surface area contributed by atoms with Crippen molar-refractivity contribution in [3.05, 3.63) is 106 Å². The number of hydrazone groups is 1. The fourth-order valence-electron chi connectivity index (χ4n) is 4.48. The zero-order chi connectivity index (χ0) is 20.0. The number of hydrogen-bond acceptors (Lipinski definition) is 6. The zero-order valence-electron chi connectivity index (χ0n) is 15.3. The van der Waals surface area contributed by atoms with E-state index in [9.17, 15) is 14.9 Å². The Labute approximate surface area is 166 Å². The highest BCUT2D eigenvalue weighted by atomic mass is 16.6. The molecular weight excluding hydrogens is 370 g/mol. The van der Waals surface area contributed by atoms with Gasteiger partial charge in [-0.25, -0.2) is 0 Å². The molecule has 1 aromatic heterocycles. The number of carbonyl (C=O) groups is 1. The summed E-state index contributed by atoms with van der Waals surface area (Å²) in [6.45, 7) is 0. The standard InChI is InChI=1S/C22H17N3O4/c26-22(14-7-2-1-3-8-14)21-18(17-11-6-12-29-17)20(25(27)28)19-16-10-5-4-9-15(16)13-23-24(19)21/h1-13,18-21H/t18-,19+,20-,21+/m1/s1. The maximum Gasteiger partial charge on any atom is 0.251 e. The van der Waals surface area contributed by atoms with Crippen LogP contribution in [0.3, 0.4) is 0 Å². The first-order valence-electron chi connectivity index (χ1n) is 9.34. The molecule has 1 fully saturated rings. The number of benzene rings is 2. The SMILES string of the molecule is O=C(c1ccccc1)[C@@H]1[C@H](c2ccco2)[C@@H]([N+](=O)[O-])[C@@H]2c3ccccc3C=NN12. The van der Waals surface area contributed by atoms with E-state index in [0.29, 0.717) is 11.3 Å². The van der Waals surface area contributed by atoms with E-state index in [1.54, 1.807) is 47.6 Å². The minimum atomic E-state index is -1.07. The molecule has 2 aliphatic heterocycles. The summed E-state index contributed by atoms with van der Waals surface area (Å²) in [5.74, 6) is -0.554. The van der Waals surface area contributed by atoms with Crippen molar-refractivity contribution in [1.29, 1.82) is 0 Å². The summed E-state index contributed by atoms with van der Waals surface area (Å²) in [5, 5.41) is 18.3. The van der Waals surface area contributed by atoms with Crippen LogP contribution in [0.25, 0.3) is 0 Å². The molecule has 7 heteroatoms. The van der Waals surface area contributed by atoms with Crippen LogP contribution in [-0.4, -0.2) is 34.0 Å². The molecule has 29 heavy (non-hydrogen) atoms. The van der Waals surface area contributed by atoms with E-state index in [1.807, 2.05) is 30.3 Å². The third-order valence-electron chi connectivity index (χ3n) is 5.69. The van der Waals surface area contributed by atoms with Gasteiger partial charge in [-0.1, -0.05) is 54.6 Å². The fourth-order valence-corrected chi connectivity index (χ4v) is 4.48. The predicted octanol–water partition coefficient (Wildman–Crippen LogP) is 3.66. The lowest BCUT2D eigenvalue weighted by Gasteiger charge is -2.30. The molecule has 5 rings (SSSR count). The highest BCUT2D eigenvalue weighted by Gasteiger charge is 2.61. The van der Waals surface area contributed by atoms with Crippen LogP contribution < -0.4 is 0 Å². The third kappa shape index (κ3) is 2.66. The highest BCUT2D eigenvalue weighted by Crippen LogP contribution is 2.49. The second-order valence-corrected chi connectivity index (χ2v) is 7.19. The van der Waals surface area contributed by atoms with Gasteiger partial charge in [0.05, 0.1) is 12.5 Å². The van der Waals surface area contributed by atoms with Crippen LogP contribution in [0.5, 0.6) is 0 Å². The predicted molar refractivity (Wildman–Crippen MR) is 105 cm³/mol. The average molecular weight is 387 g/mol. The molecule has 0 aliphatic carbocycles. The minimum Gasteiger partial charge on any atom is -0.469 e. The molecule has 0 N–H and O–H groups in total. The Balaban J connectivity index is 1.70. The van der Waals surface area contributed by atoms with Gasteiger partial charge in [-0.15, -0.1) is 0 Å². The van der Waals surface area contributed by atoms with Crippen molar-refractivity contribution in [3.8, 4) is 0 Å². The first kappa shape index (κ1) is 17.4. The molecule has 0 bridgehead atoms. The van der Waals surface area contributed by atoms with Gasteiger partial charge >= 0.3 is 0 Å². The molecule has 2 aromatic carbocycles. The fraction of sp³-hybridized carbons (Fsp3) is 0.182. The number of nitrogens with zero attached hydrogens (tertiary/aromatic N) is 3. The number of carbonyl (C=O) groups excluding carboxylic acids is 1. The van der Waals surface area contributed by atoms with Crippen LogP contribution in [0, 0.1) is 10.1 Å². The molecule has 7 nitrogen and oxygen atoms in total. The number of nitro groups is 1. The number of Topliss-reactive ketones (excluding diaryl/α,β-unsaturated/α-hetero) is 1. The van der Waals surface area contributed by atoms with E-state index in [1.165, 1.54) is 6.26 Å². The van der Waals surface area contributed by atoms with Crippen molar-refractivity contribution < 1.29 is 14.1 Å². The molecule has 0 spiro atoms. The number of hydrogen-bond donors (Lipinski definition) is 0. The van der Waals surface area contributed by atoms with Gasteiger partial charge in [0.1, 0.15) is 23.8 Å². The number of ketones is 1.